The minimum Gasteiger partial charge on any atom is -0.490 e. The second kappa shape index (κ2) is 11.5. The first-order chi connectivity index (χ1) is 12.0. The Bertz CT molecular complexity index is 545. The first-order valence-corrected chi connectivity index (χ1v) is 9.12. The van der Waals surface area contributed by atoms with Crippen LogP contribution >= 0.6 is 0 Å². The van der Waals surface area contributed by atoms with Crippen LogP contribution in [0.15, 0.2) is 40.9 Å². The molecule has 1 aromatic carbocycles. The third kappa shape index (κ3) is 8.07. The van der Waals surface area contributed by atoms with Crippen LogP contribution in [-0.2, 0) is 0 Å². The molecule has 0 aliphatic rings. The van der Waals surface area contributed by atoms with E-state index in [4.69, 9.17) is 15.5 Å². The number of anilines is 1. The lowest BCUT2D eigenvalue weighted by atomic mass is 10.3. The summed E-state index contributed by atoms with van der Waals surface area (Å²) in [6.07, 6.45) is 2.95. The van der Waals surface area contributed by atoms with Gasteiger partial charge in [-0.15, -0.1) is 0 Å². The van der Waals surface area contributed by atoms with Crippen molar-refractivity contribution in [1.82, 2.24) is 4.90 Å². The van der Waals surface area contributed by atoms with Gasteiger partial charge >= 0.3 is 0 Å². The highest BCUT2D eigenvalue weighted by molar-refractivity contribution is 5.93. The van der Waals surface area contributed by atoms with Crippen LogP contribution in [0.1, 0.15) is 41.0 Å². The fourth-order valence-corrected chi connectivity index (χ4v) is 2.31. The normalized spacial score (nSPS) is 11.4. The molecule has 0 saturated heterocycles. The van der Waals surface area contributed by atoms with Gasteiger partial charge in [-0.25, -0.2) is 0 Å². The molecule has 25 heavy (non-hydrogen) atoms. The summed E-state index contributed by atoms with van der Waals surface area (Å²) in [4.78, 5) is 6.95. The van der Waals surface area contributed by atoms with Crippen molar-refractivity contribution >= 4 is 11.6 Å². The van der Waals surface area contributed by atoms with Crippen LogP contribution in [0.4, 0.5) is 5.69 Å². The Labute approximate surface area is 153 Å². The van der Waals surface area contributed by atoms with Crippen LogP contribution < -0.4 is 15.8 Å². The zero-order valence-corrected chi connectivity index (χ0v) is 16.4. The van der Waals surface area contributed by atoms with E-state index in [1.165, 1.54) is 5.57 Å². The van der Waals surface area contributed by atoms with Gasteiger partial charge in [0.05, 0.1) is 0 Å². The molecule has 0 heterocycles. The number of allylic oxidation sites excluding steroid dienone is 1. The molecule has 0 aliphatic heterocycles. The molecule has 0 atom stereocenters. The number of benzene rings is 1. The first kappa shape index (κ1) is 21.0. The molecular formula is C20H34N4O. The van der Waals surface area contributed by atoms with Crippen molar-refractivity contribution in [1.29, 1.82) is 0 Å². The highest BCUT2D eigenvalue weighted by atomic mass is 16.5. The van der Waals surface area contributed by atoms with E-state index < -0.39 is 0 Å². The Morgan fingerprint density at radius 3 is 2.48 bits per heavy atom. The number of aliphatic imine (C=N–C) groups is 1. The Kier molecular flexibility index (Phi) is 9.70. The number of guanidine groups is 1. The van der Waals surface area contributed by atoms with Crippen molar-refractivity contribution in [2.75, 3.05) is 31.6 Å². The molecule has 0 saturated carbocycles. The number of nitrogens with two attached hydrogens (primary N) is 1. The van der Waals surface area contributed by atoms with Crippen LogP contribution in [0.25, 0.3) is 0 Å². The summed E-state index contributed by atoms with van der Waals surface area (Å²) in [5.74, 6) is 1.75. The molecule has 0 fully saturated rings. The van der Waals surface area contributed by atoms with Gasteiger partial charge in [-0.2, -0.15) is 0 Å². The molecule has 0 aliphatic carbocycles. The topological polar surface area (TPSA) is 62.9 Å². The number of rotatable bonds is 9. The zero-order valence-electron chi connectivity index (χ0n) is 16.4. The molecule has 140 valence electrons. The maximum absolute atomic E-state index is 5.70. The van der Waals surface area contributed by atoms with Crippen molar-refractivity contribution < 1.29 is 4.74 Å². The van der Waals surface area contributed by atoms with Crippen LogP contribution in [0.5, 0.6) is 5.75 Å². The van der Waals surface area contributed by atoms with Crippen LogP contribution in [-0.4, -0.2) is 43.1 Å². The lowest BCUT2D eigenvalue weighted by molar-refractivity contribution is 0.361. The van der Waals surface area contributed by atoms with E-state index in [1.807, 2.05) is 24.3 Å². The number of nitrogens with zero attached hydrogens (tertiary/aromatic N) is 2. The van der Waals surface area contributed by atoms with Crippen LogP contribution in [0.2, 0.25) is 0 Å². The Morgan fingerprint density at radius 2 is 1.96 bits per heavy atom. The molecule has 5 nitrogen and oxygen atoms in total. The van der Waals surface area contributed by atoms with Crippen molar-refractivity contribution in [3.8, 4) is 5.75 Å². The fraction of sp³-hybridized carbons (Fsp3) is 0.550. The minimum absolute atomic E-state index is 0.376. The summed E-state index contributed by atoms with van der Waals surface area (Å²) in [5, 5.41) is 3.44. The maximum Gasteiger partial charge on any atom is 0.198 e. The monoisotopic (exact) mass is 346 g/mol. The van der Waals surface area contributed by atoms with Gasteiger partial charge in [0.1, 0.15) is 12.4 Å². The largest absolute Gasteiger partial charge is 0.490 e. The molecule has 0 radical (unpaired) electrons. The van der Waals surface area contributed by atoms with E-state index in [-0.39, 0.29) is 0 Å². The van der Waals surface area contributed by atoms with Crippen LogP contribution in [0.3, 0.4) is 0 Å². The fourth-order valence-electron chi connectivity index (χ4n) is 2.31. The van der Waals surface area contributed by atoms with E-state index >= 15 is 0 Å². The summed E-state index contributed by atoms with van der Waals surface area (Å²) < 4.78 is 5.70. The molecule has 3 N–H and O–H groups in total. The Morgan fingerprint density at radius 1 is 1.28 bits per heavy atom. The maximum atomic E-state index is 5.70. The molecule has 0 aromatic heterocycles. The van der Waals surface area contributed by atoms with E-state index in [0.717, 1.165) is 36.9 Å². The van der Waals surface area contributed by atoms with Gasteiger partial charge in [0, 0.05) is 24.8 Å². The average molecular weight is 347 g/mol. The number of nitrogens with one attached hydrogen (secondary N) is 1. The molecule has 0 bridgehead atoms. The standard InChI is InChI=1S/C20H34N4O/c1-6-24(17(4)5)20(22-14-7-13-21)23-18-8-10-19(11-9-18)25-15-12-16(2)3/h8-12,17H,6-7,13-15,21H2,1-5H3,(H,22,23). The van der Waals surface area contributed by atoms with E-state index in [2.05, 4.69) is 50.9 Å². The van der Waals surface area contributed by atoms with Gasteiger partial charge in [0.15, 0.2) is 5.96 Å². The highest BCUT2D eigenvalue weighted by Gasteiger charge is 2.13. The predicted molar refractivity (Wildman–Crippen MR) is 108 cm³/mol. The SMILES string of the molecule is CCN(C(=NCCCN)Nc1ccc(OCC=C(C)C)cc1)C(C)C. The molecule has 0 spiro atoms. The van der Waals surface area contributed by atoms with Gasteiger partial charge in [0.2, 0.25) is 0 Å². The van der Waals surface area contributed by atoms with Crippen molar-refractivity contribution in [2.24, 2.45) is 10.7 Å². The number of hydrogen-bond acceptors (Lipinski definition) is 3. The summed E-state index contributed by atoms with van der Waals surface area (Å²) in [5.41, 5.74) is 7.84. The molecule has 1 aromatic rings. The zero-order chi connectivity index (χ0) is 18.7. The number of hydrogen-bond donors (Lipinski definition) is 2. The molecular weight excluding hydrogens is 312 g/mol. The second-order valence-electron chi connectivity index (χ2n) is 6.47. The summed E-state index contributed by atoms with van der Waals surface area (Å²) in [6.45, 7) is 13.5. The predicted octanol–water partition coefficient (Wildman–Crippen LogP) is 3.88. The molecule has 1 rings (SSSR count). The van der Waals surface area contributed by atoms with Gasteiger partial charge in [-0.1, -0.05) is 5.57 Å². The summed E-state index contributed by atoms with van der Waals surface area (Å²) in [6, 6.07) is 8.37. The third-order valence-electron chi connectivity index (χ3n) is 3.71. The van der Waals surface area contributed by atoms with Crippen molar-refractivity contribution in [3.63, 3.8) is 0 Å². The Hall–Kier alpha value is -2.01. The van der Waals surface area contributed by atoms with E-state index in [0.29, 0.717) is 19.2 Å². The lowest BCUT2D eigenvalue weighted by Crippen LogP contribution is -2.41. The minimum atomic E-state index is 0.376. The van der Waals surface area contributed by atoms with Gasteiger partial charge in [0.25, 0.3) is 0 Å². The summed E-state index contributed by atoms with van der Waals surface area (Å²) in [7, 11) is 0. The van der Waals surface area contributed by atoms with Gasteiger partial charge in [-0.05, 0) is 77.9 Å². The molecule has 5 heteroatoms. The molecule has 0 amide bonds. The Balaban J connectivity index is 2.78. The number of ether oxygens (including phenoxy) is 1. The second-order valence-corrected chi connectivity index (χ2v) is 6.47. The van der Waals surface area contributed by atoms with Gasteiger partial charge in [-0.3, -0.25) is 4.99 Å². The molecule has 0 unspecified atom stereocenters. The smallest absolute Gasteiger partial charge is 0.198 e. The third-order valence-corrected chi connectivity index (χ3v) is 3.71. The summed E-state index contributed by atoms with van der Waals surface area (Å²) >= 11 is 0. The van der Waals surface area contributed by atoms with Crippen LogP contribution in [0, 0.1) is 0 Å². The van der Waals surface area contributed by atoms with Crippen molar-refractivity contribution in [3.05, 3.63) is 35.9 Å². The first-order valence-electron chi connectivity index (χ1n) is 9.12. The van der Waals surface area contributed by atoms with Crippen molar-refractivity contribution in [2.45, 2.75) is 47.1 Å². The van der Waals surface area contributed by atoms with Gasteiger partial charge < -0.3 is 20.7 Å². The van der Waals surface area contributed by atoms with E-state index in [9.17, 15) is 0 Å². The quantitative estimate of drug-likeness (QED) is 0.308. The van der Waals surface area contributed by atoms with E-state index in [1.54, 1.807) is 0 Å². The highest BCUT2D eigenvalue weighted by Crippen LogP contribution is 2.17. The lowest BCUT2D eigenvalue weighted by Gasteiger charge is -2.29. The average Bonchev–Trinajstić information content (AvgIpc) is 2.56.